The highest BCUT2D eigenvalue weighted by molar-refractivity contribution is 6.05. The van der Waals surface area contributed by atoms with Gasteiger partial charge in [-0.05, 0) is 31.0 Å². The molecule has 1 aromatic carbocycles. The number of anilines is 1. The Labute approximate surface area is 147 Å². The Morgan fingerprint density at radius 3 is 2.68 bits per heavy atom. The van der Waals surface area contributed by atoms with Gasteiger partial charge < -0.3 is 14.8 Å². The van der Waals surface area contributed by atoms with Gasteiger partial charge in [0.15, 0.2) is 11.9 Å². The number of carbonyl (C=O) groups is 3. The second-order valence-electron chi connectivity index (χ2n) is 6.29. The van der Waals surface area contributed by atoms with Crippen LogP contribution < -0.4 is 15.0 Å². The van der Waals surface area contributed by atoms with Crippen LogP contribution in [0.25, 0.3) is 0 Å². The molecule has 0 aromatic heterocycles. The SMILES string of the molecule is COCCNC(=O)CN1C(=O)C(C(C)C)Oc2ccc(C(C)=O)cc21. The Morgan fingerprint density at radius 1 is 1.36 bits per heavy atom. The van der Waals surface area contributed by atoms with Crippen molar-refractivity contribution in [2.45, 2.75) is 26.9 Å². The molecule has 1 aliphatic rings. The fourth-order valence-electron chi connectivity index (χ4n) is 2.58. The van der Waals surface area contributed by atoms with Crippen molar-refractivity contribution in [3.63, 3.8) is 0 Å². The largest absolute Gasteiger partial charge is 0.478 e. The Kier molecular flexibility index (Phi) is 6.14. The van der Waals surface area contributed by atoms with Crippen molar-refractivity contribution >= 4 is 23.3 Å². The van der Waals surface area contributed by atoms with Crippen LogP contribution in [0, 0.1) is 5.92 Å². The number of methoxy groups -OCH3 is 1. The summed E-state index contributed by atoms with van der Waals surface area (Å²) in [7, 11) is 1.55. The molecular weight excluding hydrogens is 324 g/mol. The number of Topliss-reactive ketones (excluding diaryl/α,β-unsaturated/α-hetero) is 1. The number of fused-ring (bicyclic) bond motifs is 1. The van der Waals surface area contributed by atoms with Crippen molar-refractivity contribution in [1.29, 1.82) is 0 Å². The zero-order valence-electron chi connectivity index (χ0n) is 15.0. The fraction of sp³-hybridized carbons (Fsp3) is 0.500. The molecule has 1 heterocycles. The van der Waals surface area contributed by atoms with Gasteiger partial charge in [-0.2, -0.15) is 0 Å². The van der Waals surface area contributed by atoms with Gasteiger partial charge in [0.05, 0.1) is 12.3 Å². The van der Waals surface area contributed by atoms with Crippen molar-refractivity contribution in [2.24, 2.45) is 5.92 Å². The van der Waals surface area contributed by atoms with E-state index in [4.69, 9.17) is 9.47 Å². The Bertz CT molecular complexity index is 671. The van der Waals surface area contributed by atoms with Crippen LogP contribution in [0.1, 0.15) is 31.1 Å². The van der Waals surface area contributed by atoms with Gasteiger partial charge >= 0.3 is 0 Å². The molecule has 1 N–H and O–H groups in total. The lowest BCUT2D eigenvalue weighted by molar-refractivity contribution is -0.130. The zero-order valence-corrected chi connectivity index (χ0v) is 15.0. The maximum atomic E-state index is 12.8. The predicted molar refractivity (Wildman–Crippen MR) is 92.9 cm³/mol. The van der Waals surface area contributed by atoms with Crippen LogP contribution >= 0.6 is 0 Å². The Hall–Kier alpha value is -2.41. The van der Waals surface area contributed by atoms with E-state index in [-0.39, 0.29) is 30.1 Å². The third kappa shape index (κ3) is 4.36. The number of rotatable bonds is 7. The molecule has 0 spiro atoms. The van der Waals surface area contributed by atoms with E-state index in [9.17, 15) is 14.4 Å². The van der Waals surface area contributed by atoms with Crippen LogP contribution in [0.2, 0.25) is 0 Å². The molecule has 1 aromatic rings. The Morgan fingerprint density at radius 2 is 2.08 bits per heavy atom. The number of nitrogens with one attached hydrogen (secondary N) is 1. The van der Waals surface area contributed by atoms with Crippen LogP contribution in [0.15, 0.2) is 18.2 Å². The van der Waals surface area contributed by atoms with E-state index < -0.39 is 6.10 Å². The number of ether oxygens (including phenoxy) is 2. The number of ketones is 1. The molecule has 7 heteroatoms. The van der Waals surface area contributed by atoms with E-state index >= 15 is 0 Å². The first kappa shape index (κ1) is 18.9. The lowest BCUT2D eigenvalue weighted by Gasteiger charge is -2.35. The monoisotopic (exact) mass is 348 g/mol. The molecule has 7 nitrogen and oxygen atoms in total. The van der Waals surface area contributed by atoms with E-state index in [0.717, 1.165) is 0 Å². The number of benzene rings is 1. The van der Waals surface area contributed by atoms with Gasteiger partial charge in [-0.1, -0.05) is 13.8 Å². The van der Waals surface area contributed by atoms with E-state index in [1.807, 2.05) is 13.8 Å². The highest BCUT2D eigenvalue weighted by Gasteiger charge is 2.37. The minimum absolute atomic E-state index is 0.0489. The van der Waals surface area contributed by atoms with Crippen molar-refractivity contribution in [1.82, 2.24) is 5.32 Å². The summed E-state index contributed by atoms with van der Waals surface area (Å²) in [6.07, 6.45) is -0.664. The first-order valence-corrected chi connectivity index (χ1v) is 8.23. The number of hydrogen-bond donors (Lipinski definition) is 1. The molecule has 1 unspecified atom stereocenters. The number of carbonyl (C=O) groups excluding carboxylic acids is 3. The first-order valence-electron chi connectivity index (χ1n) is 8.23. The van der Waals surface area contributed by atoms with Crippen LogP contribution in [0.5, 0.6) is 5.75 Å². The Balaban J connectivity index is 2.31. The van der Waals surface area contributed by atoms with Crippen LogP contribution in [0.3, 0.4) is 0 Å². The standard InChI is InChI=1S/C18H24N2O5/c1-11(2)17-18(23)20(10-16(22)19-7-8-24-4)14-9-13(12(3)21)5-6-15(14)25-17/h5-6,9,11,17H,7-8,10H2,1-4H3,(H,19,22). The summed E-state index contributed by atoms with van der Waals surface area (Å²) in [5.74, 6) is -0.259. The highest BCUT2D eigenvalue weighted by atomic mass is 16.5. The van der Waals surface area contributed by atoms with Gasteiger partial charge in [-0.15, -0.1) is 0 Å². The van der Waals surface area contributed by atoms with Gasteiger partial charge in [0.25, 0.3) is 5.91 Å². The average molecular weight is 348 g/mol. The summed E-state index contributed by atoms with van der Waals surface area (Å²) in [6, 6.07) is 4.92. The minimum Gasteiger partial charge on any atom is -0.478 e. The molecular formula is C18H24N2O5. The predicted octanol–water partition coefficient (Wildman–Crippen LogP) is 1.40. The molecule has 0 saturated heterocycles. The van der Waals surface area contributed by atoms with Gasteiger partial charge in [0, 0.05) is 19.2 Å². The van der Waals surface area contributed by atoms with E-state index in [2.05, 4.69) is 5.32 Å². The zero-order chi connectivity index (χ0) is 18.6. The van der Waals surface area contributed by atoms with Crippen molar-refractivity contribution < 1.29 is 23.9 Å². The summed E-state index contributed by atoms with van der Waals surface area (Å²) in [6.45, 7) is 5.84. The molecule has 25 heavy (non-hydrogen) atoms. The normalized spacial score (nSPS) is 16.4. The molecule has 0 saturated carbocycles. The fourth-order valence-corrected chi connectivity index (χ4v) is 2.58. The maximum Gasteiger partial charge on any atom is 0.268 e. The van der Waals surface area contributed by atoms with Gasteiger partial charge in [-0.25, -0.2) is 0 Å². The van der Waals surface area contributed by atoms with Gasteiger partial charge in [0.2, 0.25) is 5.91 Å². The van der Waals surface area contributed by atoms with Crippen molar-refractivity contribution in [3.05, 3.63) is 23.8 Å². The van der Waals surface area contributed by atoms with Crippen LogP contribution in [-0.2, 0) is 14.3 Å². The van der Waals surface area contributed by atoms with Gasteiger partial charge in [0.1, 0.15) is 12.3 Å². The molecule has 1 atom stereocenters. The summed E-state index contributed by atoms with van der Waals surface area (Å²) < 4.78 is 10.7. The topological polar surface area (TPSA) is 84.9 Å². The smallest absolute Gasteiger partial charge is 0.268 e. The second kappa shape index (κ2) is 8.11. The van der Waals surface area contributed by atoms with Crippen molar-refractivity contribution in [2.75, 3.05) is 31.7 Å². The lowest BCUT2D eigenvalue weighted by atomic mass is 10.0. The lowest BCUT2D eigenvalue weighted by Crippen LogP contribution is -2.51. The summed E-state index contributed by atoms with van der Waals surface area (Å²) in [4.78, 5) is 38.0. The average Bonchev–Trinajstić information content (AvgIpc) is 2.56. The highest BCUT2D eigenvalue weighted by Crippen LogP contribution is 2.36. The molecule has 1 aliphatic heterocycles. The van der Waals surface area contributed by atoms with Crippen molar-refractivity contribution in [3.8, 4) is 5.75 Å². The number of hydrogen-bond acceptors (Lipinski definition) is 5. The summed E-state index contributed by atoms with van der Waals surface area (Å²) in [5.41, 5.74) is 0.902. The third-order valence-corrected chi connectivity index (χ3v) is 3.96. The van der Waals surface area contributed by atoms with E-state index in [0.29, 0.717) is 30.2 Å². The first-order chi connectivity index (χ1) is 11.8. The maximum absolute atomic E-state index is 12.8. The molecule has 0 radical (unpaired) electrons. The molecule has 2 amide bonds. The quantitative estimate of drug-likeness (QED) is 0.595. The third-order valence-electron chi connectivity index (χ3n) is 3.96. The van der Waals surface area contributed by atoms with Crippen LogP contribution in [-0.4, -0.2) is 50.5 Å². The molecule has 0 fully saturated rings. The summed E-state index contributed by atoms with van der Waals surface area (Å²) in [5, 5.41) is 2.70. The summed E-state index contributed by atoms with van der Waals surface area (Å²) >= 11 is 0. The molecule has 136 valence electrons. The van der Waals surface area contributed by atoms with Crippen LogP contribution in [0.4, 0.5) is 5.69 Å². The second-order valence-corrected chi connectivity index (χ2v) is 6.29. The number of nitrogens with zero attached hydrogens (tertiary/aromatic N) is 1. The minimum atomic E-state index is -0.664. The molecule has 0 aliphatic carbocycles. The number of amides is 2. The van der Waals surface area contributed by atoms with E-state index in [1.54, 1.807) is 25.3 Å². The van der Waals surface area contributed by atoms with Gasteiger partial charge in [-0.3, -0.25) is 19.3 Å². The molecule has 0 bridgehead atoms. The van der Waals surface area contributed by atoms with E-state index in [1.165, 1.54) is 11.8 Å². The molecule has 2 rings (SSSR count).